The van der Waals surface area contributed by atoms with E-state index in [-0.39, 0.29) is 31.1 Å². The van der Waals surface area contributed by atoms with Crippen LogP contribution in [0.1, 0.15) is 290 Å². The quantitative estimate of drug-likeness (QED) is 0.0262. The number of allylic oxidation sites excluding steroid dienone is 6. The van der Waals surface area contributed by atoms with Crippen LogP contribution in [-0.2, 0) is 28.6 Å². The Kier molecular flexibility index (Phi) is 50.3. The average Bonchev–Trinajstić information content (AvgIpc) is 3.28. The molecule has 0 rings (SSSR count). The SMILES string of the molecule is CC/C=C\C/C=C\C/C=C\CCCCCCCC(=O)O[C@H](COC(=O)CCCCCCCCCCCCC)COC(=O)CCCCCCCCCCCCCCCCCCCCC. The van der Waals surface area contributed by atoms with Crippen LogP contribution in [-0.4, -0.2) is 37.2 Å². The molecule has 0 aliphatic carbocycles. The van der Waals surface area contributed by atoms with Gasteiger partial charge in [-0.15, -0.1) is 0 Å². The van der Waals surface area contributed by atoms with Gasteiger partial charge in [0, 0.05) is 19.3 Å². The van der Waals surface area contributed by atoms with E-state index in [1.807, 2.05) is 0 Å². The first-order valence-corrected chi connectivity index (χ1v) is 27.5. The van der Waals surface area contributed by atoms with Gasteiger partial charge in [-0.25, -0.2) is 0 Å². The van der Waals surface area contributed by atoms with Crippen LogP contribution in [0.3, 0.4) is 0 Å². The van der Waals surface area contributed by atoms with Crippen LogP contribution < -0.4 is 0 Å². The summed E-state index contributed by atoms with van der Waals surface area (Å²) in [7, 11) is 0. The lowest BCUT2D eigenvalue weighted by Gasteiger charge is -2.18. The molecule has 6 heteroatoms. The minimum Gasteiger partial charge on any atom is -0.462 e. The summed E-state index contributed by atoms with van der Waals surface area (Å²) in [5.41, 5.74) is 0. The number of ether oxygens (including phenoxy) is 3. The first kappa shape index (κ1) is 60.6. The Labute approximate surface area is 391 Å². The molecule has 1 atom stereocenters. The first-order valence-electron chi connectivity index (χ1n) is 27.5. The summed E-state index contributed by atoms with van der Waals surface area (Å²) >= 11 is 0. The standard InChI is InChI=1S/C57H104O6/c1-4-7-10-13-16-19-22-24-26-27-28-29-31-32-35-38-41-44-47-50-56(59)62-53-54(52-61-55(58)49-46-43-40-37-34-21-18-15-12-9-6-3)63-57(60)51-48-45-42-39-36-33-30-25-23-20-17-14-11-8-5-2/h8,11,17,20,25,30,54H,4-7,9-10,12-16,18-19,21-24,26-29,31-53H2,1-3H3/b11-8-,20-17-,30-25-/t54-/m1/s1. The predicted octanol–water partition coefficient (Wildman–Crippen LogP) is 18.1. The number of carbonyl (C=O) groups is 3. The van der Waals surface area contributed by atoms with Crippen LogP contribution in [0.25, 0.3) is 0 Å². The van der Waals surface area contributed by atoms with Gasteiger partial charge in [0.1, 0.15) is 13.2 Å². The second-order valence-corrected chi connectivity index (χ2v) is 18.5. The summed E-state index contributed by atoms with van der Waals surface area (Å²) in [4.78, 5) is 38.0. The number of unbranched alkanes of at least 4 members (excludes halogenated alkanes) is 33. The van der Waals surface area contributed by atoms with E-state index in [0.29, 0.717) is 19.3 Å². The van der Waals surface area contributed by atoms with E-state index < -0.39 is 6.10 Å². The summed E-state index contributed by atoms with van der Waals surface area (Å²) in [6.07, 6.45) is 61.3. The highest BCUT2D eigenvalue weighted by Crippen LogP contribution is 2.17. The Morgan fingerprint density at radius 2 is 0.619 bits per heavy atom. The smallest absolute Gasteiger partial charge is 0.306 e. The second kappa shape index (κ2) is 52.3. The van der Waals surface area contributed by atoms with Crippen molar-refractivity contribution in [3.8, 4) is 0 Å². The molecular formula is C57H104O6. The zero-order chi connectivity index (χ0) is 45.8. The van der Waals surface area contributed by atoms with Crippen LogP contribution in [0.2, 0.25) is 0 Å². The molecule has 0 fully saturated rings. The Bertz CT molecular complexity index is 1060. The van der Waals surface area contributed by atoms with Gasteiger partial charge in [-0.3, -0.25) is 14.4 Å². The predicted molar refractivity (Wildman–Crippen MR) is 270 cm³/mol. The number of hydrogen-bond donors (Lipinski definition) is 0. The molecule has 0 N–H and O–H groups in total. The molecule has 0 saturated carbocycles. The van der Waals surface area contributed by atoms with Crippen LogP contribution in [0.15, 0.2) is 36.5 Å². The molecule has 0 unspecified atom stereocenters. The molecule has 0 heterocycles. The molecule has 63 heavy (non-hydrogen) atoms. The van der Waals surface area contributed by atoms with E-state index in [4.69, 9.17) is 14.2 Å². The van der Waals surface area contributed by atoms with E-state index in [0.717, 1.165) is 96.3 Å². The lowest BCUT2D eigenvalue weighted by Crippen LogP contribution is -2.30. The van der Waals surface area contributed by atoms with E-state index in [2.05, 4.69) is 57.2 Å². The number of hydrogen-bond acceptors (Lipinski definition) is 6. The summed E-state index contributed by atoms with van der Waals surface area (Å²) in [6.45, 7) is 6.54. The molecule has 368 valence electrons. The van der Waals surface area contributed by atoms with Crippen molar-refractivity contribution in [2.45, 2.75) is 297 Å². The van der Waals surface area contributed by atoms with Gasteiger partial charge in [-0.05, 0) is 51.4 Å². The molecule has 0 bridgehead atoms. The largest absolute Gasteiger partial charge is 0.462 e. The zero-order valence-corrected chi connectivity index (χ0v) is 42.1. The second-order valence-electron chi connectivity index (χ2n) is 18.5. The summed E-state index contributed by atoms with van der Waals surface area (Å²) in [5, 5.41) is 0. The maximum absolute atomic E-state index is 12.8. The fraction of sp³-hybridized carbons (Fsp3) is 0.842. The highest BCUT2D eigenvalue weighted by Gasteiger charge is 2.19. The molecule has 0 aromatic heterocycles. The van der Waals surface area contributed by atoms with Gasteiger partial charge in [0.05, 0.1) is 0 Å². The summed E-state index contributed by atoms with van der Waals surface area (Å²) in [6, 6.07) is 0. The third-order valence-corrected chi connectivity index (χ3v) is 12.2. The highest BCUT2D eigenvalue weighted by molar-refractivity contribution is 5.71. The van der Waals surface area contributed by atoms with Crippen LogP contribution in [0, 0.1) is 0 Å². The van der Waals surface area contributed by atoms with Crippen LogP contribution >= 0.6 is 0 Å². The first-order chi connectivity index (χ1) is 31.0. The molecular weight excluding hydrogens is 781 g/mol. The zero-order valence-electron chi connectivity index (χ0n) is 42.1. The third-order valence-electron chi connectivity index (χ3n) is 12.2. The van der Waals surface area contributed by atoms with Crippen molar-refractivity contribution in [1.82, 2.24) is 0 Å². The topological polar surface area (TPSA) is 78.9 Å². The fourth-order valence-corrected chi connectivity index (χ4v) is 8.05. The van der Waals surface area contributed by atoms with Crippen molar-refractivity contribution in [3.63, 3.8) is 0 Å². The van der Waals surface area contributed by atoms with Crippen molar-refractivity contribution in [2.75, 3.05) is 13.2 Å². The lowest BCUT2D eigenvalue weighted by atomic mass is 10.0. The Morgan fingerprint density at radius 3 is 0.968 bits per heavy atom. The molecule has 0 radical (unpaired) electrons. The molecule has 0 aliphatic rings. The molecule has 0 spiro atoms. The van der Waals surface area contributed by atoms with Gasteiger partial charge in [0.25, 0.3) is 0 Å². The van der Waals surface area contributed by atoms with E-state index in [1.54, 1.807) is 0 Å². The van der Waals surface area contributed by atoms with E-state index in [9.17, 15) is 14.4 Å². The monoisotopic (exact) mass is 885 g/mol. The van der Waals surface area contributed by atoms with Crippen molar-refractivity contribution < 1.29 is 28.6 Å². The van der Waals surface area contributed by atoms with Gasteiger partial charge >= 0.3 is 17.9 Å². The van der Waals surface area contributed by atoms with Crippen molar-refractivity contribution in [3.05, 3.63) is 36.5 Å². The van der Waals surface area contributed by atoms with Gasteiger partial charge in [0.15, 0.2) is 6.10 Å². The van der Waals surface area contributed by atoms with Crippen LogP contribution in [0.5, 0.6) is 0 Å². The Balaban J connectivity index is 4.30. The maximum Gasteiger partial charge on any atom is 0.306 e. The average molecular weight is 885 g/mol. The van der Waals surface area contributed by atoms with Gasteiger partial charge in [-0.2, -0.15) is 0 Å². The van der Waals surface area contributed by atoms with E-state index >= 15 is 0 Å². The Morgan fingerprint density at radius 1 is 0.333 bits per heavy atom. The fourth-order valence-electron chi connectivity index (χ4n) is 8.05. The molecule has 0 aromatic rings. The normalized spacial score (nSPS) is 12.2. The van der Waals surface area contributed by atoms with Crippen LogP contribution in [0.4, 0.5) is 0 Å². The van der Waals surface area contributed by atoms with Gasteiger partial charge in [0.2, 0.25) is 0 Å². The number of rotatable bonds is 50. The van der Waals surface area contributed by atoms with Crippen molar-refractivity contribution in [2.24, 2.45) is 0 Å². The Hall–Kier alpha value is -2.37. The summed E-state index contributed by atoms with van der Waals surface area (Å²) < 4.78 is 16.8. The highest BCUT2D eigenvalue weighted by atomic mass is 16.6. The molecule has 0 aromatic carbocycles. The number of carbonyl (C=O) groups excluding carboxylic acids is 3. The molecule has 6 nitrogen and oxygen atoms in total. The molecule has 0 amide bonds. The minimum absolute atomic E-state index is 0.0748. The maximum atomic E-state index is 12.8. The van der Waals surface area contributed by atoms with E-state index in [1.165, 1.54) is 154 Å². The molecule has 0 saturated heterocycles. The lowest BCUT2D eigenvalue weighted by molar-refractivity contribution is -0.167. The van der Waals surface area contributed by atoms with Crippen molar-refractivity contribution in [1.29, 1.82) is 0 Å². The minimum atomic E-state index is -0.776. The molecule has 0 aliphatic heterocycles. The number of esters is 3. The van der Waals surface area contributed by atoms with Crippen molar-refractivity contribution >= 4 is 17.9 Å². The van der Waals surface area contributed by atoms with Gasteiger partial charge in [-0.1, -0.05) is 256 Å². The summed E-state index contributed by atoms with van der Waals surface area (Å²) in [5.74, 6) is -0.877. The van der Waals surface area contributed by atoms with Gasteiger partial charge < -0.3 is 14.2 Å². The third kappa shape index (κ3) is 50.5.